The molecular weight excluding hydrogens is 344 g/mol. The zero-order valence-corrected chi connectivity index (χ0v) is 16.9. The molecule has 0 aromatic rings. The summed E-state index contributed by atoms with van der Waals surface area (Å²) in [4.78, 5) is 22.7. The first-order valence-corrected chi connectivity index (χ1v) is 10.2. The Balaban J connectivity index is 2.60. The number of ketones is 1. The number of Topliss-reactive ketones (excluding diaryl/α,β-unsaturated/α-hetero) is 1. The zero-order chi connectivity index (χ0) is 20.4. The second-order valence-electron chi connectivity index (χ2n) is 8.37. The summed E-state index contributed by atoms with van der Waals surface area (Å²) in [6.45, 7) is 6.20. The molecule has 0 heterocycles. The fourth-order valence-electron chi connectivity index (χ4n) is 3.68. The molecule has 0 aromatic carbocycles. The first-order valence-electron chi connectivity index (χ1n) is 10.2. The van der Waals surface area contributed by atoms with Crippen molar-refractivity contribution < 1.29 is 24.9 Å². The molecule has 0 bridgehead atoms. The lowest BCUT2D eigenvalue weighted by Crippen LogP contribution is -2.28. The standard InChI is InChI=1S/C22H36O5/c1-4-5-14-22(2,3)20(25)13-12-17-16(18(23)15-19(17)24)10-8-6-7-9-11-21(26)27/h9,11-13,16-17,19-20,24-25H,4-8,10,14-15H2,1-3H3,(H,26,27)/b11-9+,13-12+. The molecule has 0 aromatic heterocycles. The third-order valence-electron chi connectivity index (χ3n) is 5.62. The van der Waals surface area contributed by atoms with Crippen LogP contribution >= 0.6 is 0 Å². The number of carbonyl (C=O) groups is 2. The number of carbonyl (C=O) groups excluding carboxylic acids is 1. The van der Waals surface area contributed by atoms with Gasteiger partial charge in [-0.1, -0.05) is 58.3 Å². The van der Waals surface area contributed by atoms with Gasteiger partial charge in [-0.3, -0.25) is 4.79 Å². The van der Waals surface area contributed by atoms with E-state index < -0.39 is 18.2 Å². The fourth-order valence-corrected chi connectivity index (χ4v) is 3.68. The van der Waals surface area contributed by atoms with Gasteiger partial charge in [0.05, 0.1) is 12.2 Å². The minimum atomic E-state index is -0.949. The maximum atomic E-state index is 12.2. The molecule has 5 heteroatoms. The van der Waals surface area contributed by atoms with E-state index in [1.807, 2.05) is 19.9 Å². The topological polar surface area (TPSA) is 94.8 Å². The molecule has 4 unspecified atom stereocenters. The van der Waals surface area contributed by atoms with Crippen molar-refractivity contribution in [3.63, 3.8) is 0 Å². The third-order valence-corrected chi connectivity index (χ3v) is 5.62. The van der Waals surface area contributed by atoms with E-state index >= 15 is 0 Å². The highest BCUT2D eigenvalue weighted by molar-refractivity contribution is 5.84. The van der Waals surface area contributed by atoms with Crippen molar-refractivity contribution in [2.45, 2.75) is 84.3 Å². The molecule has 0 saturated heterocycles. The van der Waals surface area contributed by atoms with Gasteiger partial charge in [-0.05, 0) is 31.1 Å². The van der Waals surface area contributed by atoms with Crippen LogP contribution in [0, 0.1) is 17.3 Å². The van der Waals surface area contributed by atoms with E-state index in [9.17, 15) is 19.8 Å². The van der Waals surface area contributed by atoms with Crippen LogP contribution in [0.5, 0.6) is 0 Å². The van der Waals surface area contributed by atoms with E-state index in [-0.39, 0.29) is 29.5 Å². The number of rotatable bonds is 12. The van der Waals surface area contributed by atoms with Gasteiger partial charge in [-0.25, -0.2) is 4.79 Å². The highest BCUT2D eigenvalue weighted by atomic mass is 16.4. The minimum absolute atomic E-state index is 0.0814. The monoisotopic (exact) mass is 380 g/mol. The lowest BCUT2D eigenvalue weighted by atomic mass is 9.80. The first-order chi connectivity index (χ1) is 12.7. The van der Waals surface area contributed by atoms with E-state index in [1.165, 1.54) is 0 Å². The van der Waals surface area contributed by atoms with Crippen LogP contribution in [0.1, 0.15) is 72.1 Å². The lowest BCUT2D eigenvalue weighted by molar-refractivity contribution is -0.131. The van der Waals surface area contributed by atoms with Crippen LogP contribution in [-0.4, -0.2) is 39.3 Å². The highest BCUT2D eigenvalue weighted by Crippen LogP contribution is 2.35. The predicted molar refractivity (Wildman–Crippen MR) is 106 cm³/mol. The Hall–Kier alpha value is -1.46. The van der Waals surface area contributed by atoms with Crippen LogP contribution < -0.4 is 0 Å². The average molecular weight is 381 g/mol. The predicted octanol–water partition coefficient (Wildman–Crippen LogP) is 3.89. The Bertz CT molecular complexity index is 535. The van der Waals surface area contributed by atoms with E-state index in [0.29, 0.717) is 12.8 Å². The van der Waals surface area contributed by atoms with Gasteiger partial charge >= 0.3 is 5.97 Å². The molecule has 154 valence electrons. The van der Waals surface area contributed by atoms with E-state index in [0.717, 1.165) is 38.2 Å². The molecule has 5 nitrogen and oxygen atoms in total. The smallest absolute Gasteiger partial charge is 0.327 e. The summed E-state index contributed by atoms with van der Waals surface area (Å²) in [5.41, 5.74) is -0.230. The van der Waals surface area contributed by atoms with Gasteiger partial charge in [0.25, 0.3) is 0 Å². The SMILES string of the molecule is CCCCC(C)(C)C(O)/C=C/C1C(O)CC(=O)C1CCCC/C=C/C(=O)O. The summed E-state index contributed by atoms with van der Waals surface area (Å²) in [5.74, 6) is -1.33. The second kappa shape index (κ2) is 11.4. The van der Waals surface area contributed by atoms with Crippen molar-refractivity contribution >= 4 is 11.8 Å². The molecule has 4 atom stereocenters. The van der Waals surface area contributed by atoms with Crippen molar-refractivity contribution in [1.82, 2.24) is 0 Å². The van der Waals surface area contributed by atoms with Gasteiger partial charge < -0.3 is 15.3 Å². The molecule has 0 aliphatic heterocycles. The molecule has 1 rings (SSSR count). The number of carboxylic acid groups (broad SMARTS) is 1. The van der Waals surface area contributed by atoms with E-state index in [4.69, 9.17) is 5.11 Å². The molecule has 1 fully saturated rings. The molecule has 1 aliphatic rings. The summed E-state index contributed by atoms with van der Waals surface area (Å²) >= 11 is 0. The van der Waals surface area contributed by atoms with Gasteiger partial charge in [0.2, 0.25) is 0 Å². The molecule has 3 N–H and O–H groups in total. The molecule has 0 spiro atoms. The van der Waals surface area contributed by atoms with Crippen LogP contribution in [0.15, 0.2) is 24.3 Å². The normalized spacial score (nSPS) is 24.9. The first kappa shape index (κ1) is 23.6. The highest BCUT2D eigenvalue weighted by Gasteiger charge is 2.39. The summed E-state index contributed by atoms with van der Waals surface area (Å²) in [6.07, 6.45) is 11.3. The van der Waals surface area contributed by atoms with Crippen molar-refractivity contribution in [1.29, 1.82) is 0 Å². The molecule has 0 radical (unpaired) electrons. The van der Waals surface area contributed by atoms with Crippen LogP contribution in [0.2, 0.25) is 0 Å². The van der Waals surface area contributed by atoms with Gasteiger partial charge in [0, 0.05) is 24.3 Å². The number of allylic oxidation sites excluding steroid dienone is 1. The number of aliphatic hydroxyl groups is 2. The average Bonchev–Trinajstić information content (AvgIpc) is 2.86. The van der Waals surface area contributed by atoms with Crippen LogP contribution in [0.3, 0.4) is 0 Å². The van der Waals surface area contributed by atoms with Crippen molar-refractivity contribution in [2.75, 3.05) is 0 Å². The van der Waals surface area contributed by atoms with Crippen LogP contribution in [-0.2, 0) is 9.59 Å². The number of carboxylic acids is 1. The quantitative estimate of drug-likeness (QED) is 0.271. The molecule has 0 amide bonds. The van der Waals surface area contributed by atoms with Gasteiger partial charge in [-0.2, -0.15) is 0 Å². The Morgan fingerprint density at radius 2 is 2.00 bits per heavy atom. The molecule has 1 aliphatic carbocycles. The summed E-state index contributed by atoms with van der Waals surface area (Å²) < 4.78 is 0. The Morgan fingerprint density at radius 3 is 2.63 bits per heavy atom. The molecule has 27 heavy (non-hydrogen) atoms. The number of unbranched alkanes of at least 4 members (excludes halogenated alkanes) is 3. The largest absolute Gasteiger partial charge is 0.478 e. The van der Waals surface area contributed by atoms with Crippen molar-refractivity contribution in [3.8, 4) is 0 Å². The summed E-state index contributed by atoms with van der Waals surface area (Å²) in [5, 5.41) is 29.3. The fraction of sp³-hybridized carbons (Fsp3) is 0.727. The number of hydrogen-bond acceptors (Lipinski definition) is 4. The number of aliphatic hydroxyl groups excluding tert-OH is 2. The summed E-state index contributed by atoms with van der Waals surface area (Å²) in [6, 6.07) is 0. The maximum Gasteiger partial charge on any atom is 0.327 e. The molecular formula is C22H36O5. The van der Waals surface area contributed by atoms with Crippen LogP contribution in [0.4, 0.5) is 0 Å². The van der Waals surface area contributed by atoms with Crippen molar-refractivity contribution in [2.24, 2.45) is 17.3 Å². The number of hydrogen-bond donors (Lipinski definition) is 3. The minimum Gasteiger partial charge on any atom is -0.478 e. The van der Waals surface area contributed by atoms with Crippen molar-refractivity contribution in [3.05, 3.63) is 24.3 Å². The Kier molecular flexibility index (Phi) is 9.95. The third kappa shape index (κ3) is 7.97. The van der Waals surface area contributed by atoms with Gasteiger partial charge in [0.1, 0.15) is 5.78 Å². The lowest BCUT2D eigenvalue weighted by Gasteiger charge is -2.29. The number of aliphatic carboxylic acids is 1. The van der Waals surface area contributed by atoms with E-state index in [2.05, 4.69) is 6.92 Å². The second-order valence-corrected chi connectivity index (χ2v) is 8.37. The van der Waals surface area contributed by atoms with Gasteiger partial charge in [0.15, 0.2) is 0 Å². The van der Waals surface area contributed by atoms with Gasteiger partial charge in [-0.15, -0.1) is 0 Å². The maximum absolute atomic E-state index is 12.2. The zero-order valence-electron chi connectivity index (χ0n) is 16.9. The van der Waals surface area contributed by atoms with E-state index in [1.54, 1.807) is 12.2 Å². The van der Waals surface area contributed by atoms with Crippen LogP contribution in [0.25, 0.3) is 0 Å². The Morgan fingerprint density at radius 1 is 1.30 bits per heavy atom. The molecule has 1 saturated carbocycles. The summed E-state index contributed by atoms with van der Waals surface area (Å²) in [7, 11) is 0. The Labute approximate surface area is 163 Å².